The van der Waals surface area contributed by atoms with Gasteiger partial charge in [0.25, 0.3) is 0 Å². The monoisotopic (exact) mass is 194 g/mol. The van der Waals surface area contributed by atoms with Crippen LogP contribution in [0.1, 0.15) is 21.7 Å². The fourth-order valence-corrected chi connectivity index (χ4v) is 2.42. The number of fused-ring (bicyclic) bond motifs is 1. The molecule has 1 aliphatic rings. The minimum Gasteiger partial charge on any atom is -0.487 e. The van der Waals surface area contributed by atoms with Gasteiger partial charge in [0.2, 0.25) is 0 Å². The Hall–Kier alpha value is -1.09. The van der Waals surface area contributed by atoms with E-state index >= 15 is 0 Å². The Kier molecular flexibility index (Phi) is 1.96. The molecule has 0 fully saturated rings. The van der Waals surface area contributed by atoms with Crippen LogP contribution in [0.25, 0.3) is 0 Å². The molecule has 68 valence electrons. The van der Waals surface area contributed by atoms with Gasteiger partial charge in [-0.05, 0) is 18.4 Å². The molecule has 2 nitrogen and oxygen atoms in total. The van der Waals surface area contributed by atoms with Crippen LogP contribution in [0.3, 0.4) is 0 Å². The zero-order chi connectivity index (χ0) is 9.42. The maximum atomic E-state index is 11.6. The lowest BCUT2D eigenvalue weighted by Gasteiger charge is -2.10. The van der Waals surface area contributed by atoms with E-state index in [0.717, 1.165) is 28.3 Å². The number of ether oxygens (including phenoxy) is 1. The Labute approximate surface area is 80.8 Å². The number of ketones is 1. The van der Waals surface area contributed by atoms with E-state index in [1.807, 2.05) is 6.07 Å². The quantitative estimate of drug-likeness (QED) is 0.642. The third kappa shape index (κ3) is 1.29. The topological polar surface area (TPSA) is 26.3 Å². The molecular weight excluding hydrogens is 184 g/mol. The maximum absolute atomic E-state index is 11.6. The molecule has 2 rings (SSSR count). The predicted octanol–water partition coefficient (Wildman–Crippen LogP) is 2.44. The van der Waals surface area contributed by atoms with Crippen molar-refractivity contribution in [3.05, 3.63) is 28.7 Å². The molecule has 0 saturated heterocycles. The van der Waals surface area contributed by atoms with E-state index in [4.69, 9.17) is 4.74 Å². The van der Waals surface area contributed by atoms with E-state index in [0.29, 0.717) is 5.57 Å². The Morgan fingerprint density at radius 3 is 3.00 bits per heavy atom. The van der Waals surface area contributed by atoms with E-state index in [9.17, 15) is 4.79 Å². The number of allylic oxidation sites excluding steroid dienone is 1. The Morgan fingerprint density at radius 1 is 1.54 bits per heavy atom. The number of methoxy groups -OCH3 is 1. The zero-order valence-corrected chi connectivity index (χ0v) is 8.24. The minimum absolute atomic E-state index is 0.0841. The molecule has 0 aromatic carbocycles. The van der Waals surface area contributed by atoms with Gasteiger partial charge in [-0.3, -0.25) is 4.79 Å². The highest BCUT2D eigenvalue weighted by molar-refractivity contribution is 7.14. The van der Waals surface area contributed by atoms with Gasteiger partial charge in [-0.25, -0.2) is 0 Å². The molecule has 0 bridgehead atoms. The SMILES string of the molecule is C=C1CCc2sc(OC)cc2C1=O. The number of thiophene rings is 1. The van der Waals surface area contributed by atoms with E-state index < -0.39 is 0 Å². The second kappa shape index (κ2) is 3.00. The molecule has 0 unspecified atom stereocenters. The summed E-state index contributed by atoms with van der Waals surface area (Å²) in [5, 5.41) is 0.813. The molecule has 3 heteroatoms. The normalized spacial score (nSPS) is 15.8. The van der Waals surface area contributed by atoms with Gasteiger partial charge in [-0.2, -0.15) is 0 Å². The van der Waals surface area contributed by atoms with Crippen molar-refractivity contribution >= 4 is 17.1 Å². The van der Waals surface area contributed by atoms with Crippen molar-refractivity contribution in [3.63, 3.8) is 0 Å². The van der Waals surface area contributed by atoms with E-state index in [2.05, 4.69) is 6.58 Å². The first kappa shape index (κ1) is 8.51. The Morgan fingerprint density at radius 2 is 2.31 bits per heavy atom. The van der Waals surface area contributed by atoms with Gasteiger partial charge in [0, 0.05) is 16.5 Å². The first-order chi connectivity index (χ1) is 6.22. The van der Waals surface area contributed by atoms with E-state index in [1.54, 1.807) is 18.4 Å². The van der Waals surface area contributed by atoms with E-state index in [-0.39, 0.29) is 5.78 Å². The molecule has 0 N–H and O–H groups in total. The van der Waals surface area contributed by atoms with Gasteiger partial charge in [-0.15, -0.1) is 11.3 Å². The number of hydrogen-bond donors (Lipinski definition) is 0. The molecule has 0 aliphatic heterocycles. The summed E-state index contributed by atoms with van der Waals surface area (Å²) in [4.78, 5) is 12.7. The van der Waals surface area contributed by atoms with Crippen LogP contribution >= 0.6 is 11.3 Å². The number of hydrogen-bond acceptors (Lipinski definition) is 3. The van der Waals surface area contributed by atoms with Crippen molar-refractivity contribution in [1.82, 2.24) is 0 Å². The second-order valence-corrected chi connectivity index (χ2v) is 4.14. The maximum Gasteiger partial charge on any atom is 0.189 e. The number of Topliss-reactive ketones (excluding diaryl/α,β-unsaturated/α-hetero) is 1. The fraction of sp³-hybridized carbons (Fsp3) is 0.300. The van der Waals surface area contributed by atoms with Crippen LogP contribution in [0, 0.1) is 0 Å². The van der Waals surface area contributed by atoms with Gasteiger partial charge in [0.15, 0.2) is 10.8 Å². The number of carbonyl (C=O) groups is 1. The van der Waals surface area contributed by atoms with Crippen LogP contribution in [0.15, 0.2) is 18.2 Å². The average molecular weight is 194 g/mol. The molecule has 13 heavy (non-hydrogen) atoms. The first-order valence-corrected chi connectivity index (χ1v) is 4.93. The van der Waals surface area contributed by atoms with Crippen molar-refractivity contribution in [1.29, 1.82) is 0 Å². The number of aryl methyl sites for hydroxylation is 1. The molecule has 0 spiro atoms. The standard InChI is InChI=1S/C10H10O2S/c1-6-3-4-8-7(10(6)11)5-9(12-2)13-8/h5H,1,3-4H2,2H3. The summed E-state index contributed by atoms with van der Waals surface area (Å²) < 4.78 is 5.09. The molecule has 1 aliphatic carbocycles. The van der Waals surface area contributed by atoms with Crippen molar-refractivity contribution in [2.45, 2.75) is 12.8 Å². The number of carbonyl (C=O) groups excluding carboxylic acids is 1. The third-order valence-electron chi connectivity index (χ3n) is 2.21. The van der Waals surface area contributed by atoms with Crippen LogP contribution in [0.2, 0.25) is 0 Å². The van der Waals surface area contributed by atoms with Gasteiger partial charge >= 0.3 is 0 Å². The Bertz CT molecular complexity index is 376. The molecule has 0 saturated carbocycles. The summed E-state index contributed by atoms with van der Waals surface area (Å²) in [7, 11) is 1.62. The summed E-state index contributed by atoms with van der Waals surface area (Å²) in [5.41, 5.74) is 1.51. The molecule has 1 heterocycles. The van der Waals surface area contributed by atoms with Crippen LogP contribution in [-0.2, 0) is 6.42 Å². The van der Waals surface area contributed by atoms with Gasteiger partial charge in [-0.1, -0.05) is 6.58 Å². The summed E-state index contributed by atoms with van der Waals surface area (Å²) >= 11 is 1.56. The van der Waals surface area contributed by atoms with Gasteiger partial charge in [0.1, 0.15) is 0 Å². The molecule has 0 amide bonds. The summed E-state index contributed by atoms with van der Waals surface area (Å²) in [6.45, 7) is 3.74. The van der Waals surface area contributed by atoms with Crippen LogP contribution in [0.5, 0.6) is 5.06 Å². The molecule has 1 aromatic heterocycles. The molecular formula is C10H10O2S. The van der Waals surface area contributed by atoms with Crippen molar-refractivity contribution in [2.75, 3.05) is 7.11 Å². The van der Waals surface area contributed by atoms with Gasteiger partial charge < -0.3 is 4.74 Å². The summed E-state index contributed by atoms with van der Waals surface area (Å²) in [6, 6.07) is 1.81. The third-order valence-corrected chi connectivity index (χ3v) is 3.36. The summed E-state index contributed by atoms with van der Waals surface area (Å²) in [6.07, 6.45) is 1.71. The smallest absolute Gasteiger partial charge is 0.189 e. The minimum atomic E-state index is 0.0841. The highest BCUT2D eigenvalue weighted by Crippen LogP contribution is 2.35. The van der Waals surface area contributed by atoms with E-state index in [1.165, 1.54) is 0 Å². The zero-order valence-electron chi connectivity index (χ0n) is 7.42. The lowest BCUT2D eigenvalue weighted by atomic mass is 9.94. The molecule has 1 aromatic rings. The summed E-state index contributed by atoms with van der Waals surface area (Å²) in [5.74, 6) is 0.0841. The van der Waals surface area contributed by atoms with Crippen molar-refractivity contribution in [3.8, 4) is 5.06 Å². The van der Waals surface area contributed by atoms with Crippen molar-refractivity contribution < 1.29 is 9.53 Å². The fourth-order valence-electron chi connectivity index (χ4n) is 1.45. The highest BCUT2D eigenvalue weighted by atomic mass is 32.1. The molecule has 0 radical (unpaired) electrons. The average Bonchev–Trinajstić information content (AvgIpc) is 2.55. The largest absolute Gasteiger partial charge is 0.487 e. The lowest BCUT2D eigenvalue weighted by Crippen LogP contribution is -2.10. The number of rotatable bonds is 1. The van der Waals surface area contributed by atoms with Crippen LogP contribution in [-0.4, -0.2) is 12.9 Å². The lowest BCUT2D eigenvalue weighted by molar-refractivity contribution is 0.102. The Balaban J connectivity index is 2.47. The van der Waals surface area contributed by atoms with Crippen LogP contribution < -0.4 is 4.74 Å². The second-order valence-electron chi connectivity index (χ2n) is 3.04. The van der Waals surface area contributed by atoms with Gasteiger partial charge in [0.05, 0.1) is 7.11 Å². The van der Waals surface area contributed by atoms with Crippen molar-refractivity contribution in [2.24, 2.45) is 0 Å². The van der Waals surface area contributed by atoms with Crippen LogP contribution in [0.4, 0.5) is 0 Å². The predicted molar refractivity (Wildman–Crippen MR) is 52.7 cm³/mol. The highest BCUT2D eigenvalue weighted by Gasteiger charge is 2.23. The first-order valence-electron chi connectivity index (χ1n) is 4.11. The molecule has 0 atom stereocenters.